The molecule has 0 aliphatic carbocycles. The van der Waals surface area contributed by atoms with Gasteiger partial charge in [-0.1, -0.05) is 29.3 Å². The number of benzene rings is 1. The maximum Gasteiger partial charge on any atom is 0.275 e. The highest BCUT2D eigenvalue weighted by molar-refractivity contribution is 6.44. The van der Waals surface area contributed by atoms with Gasteiger partial charge in [0.25, 0.3) is 5.91 Å². The highest BCUT2D eigenvalue weighted by atomic mass is 35.5. The fraction of sp³-hybridized carbons (Fsp3) is 0.154. The molecule has 0 radical (unpaired) electrons. The molecule has 1 aromatic heterocycles. The van der Waals surface area contributed by atoms with Crippen molar-refractivity contribution in [2.24, 2.45) is 0 Å². The molecule has 2 aromatic rings. The average Bonchev–Trinajstić information content (AvgIpc) is 2.45. The number of rotatable bonds is 4. The van der Waals surface area contributed by atoms with Crippen molar-refractivity contribution in [1.82, 2.24) is 9.97 Å². The van der Waals surface area contributed by atoms with Crippen LogP contribution < -0.4 is 10.6 Å². The minimum Gasteiger partial charge on any atom is -0.369 e. The van der Waals surface area contributed by atoms with Gasteiger partial charge in [-0.25, -0.2) is 9.97 Å². The third-order valence-electron chi connectivity index (χ3n) is 2.44. The highest BCUT2D eigenvalue weighted by Crippen LogP contribution is 2.29. The van der Waals surface area contributed by atoms with Gasteiger partial charge >= 0.3 is 0 Å². The summed E-state index contributed by atoms with van der Waals surface area (Å²) in [6.07, 6.45) is 2.89. The van der Waals surface area contributed by atoms with E-state index in [1.54, 1.807) is 18.2 Å². The molecule has 0 bridgehead atoms. The van der Waals surface area contributed by atoms with Crippen molar-refractivity contribution in [3.8, 4) is 0 Å². The quantitative estimate of drug-likeness (QED) is 0.907. The lowest BCUT2D eigenvalue weighted by Crippen LogP contribution is -2.14. The highest BCUT2D eigenvalue weighted by Gasteiger charge is 2.11. The molecule has 0 spiro atoms. The van der Waals surface area contributed by atoms with Crippen LogP contribution in [0.1, 0.15) is 17.4 Å². The Hall–Kier alpha value is -1.85. The second-order valence-electron chi connectivity index (χ2n) is 3.87. The number of carbonyl (C=O) groups is 1. The lowest BCUT2D eigenvalue weighted by molar-refractivity contribution is 0.102. The standard InChI is InChI=1S/C13H12Cl2N4O/c1-2-16-11-7-17-10(6-18-11)13(20)19-9-5-3-4-8(14)12(9)15/h3-7H,2H2,1H3,(H,16,18)(H,19,20). The Bertz CT molecular complexity index is 616. The van der Waals surface area contributed by atoms with Crippen LogP contribution in [-0.2, 0) is 0 Å². The number of aromatic nitrogens is 2. The summed E-state index contributed by atoms with van der Waals surface area (Å²) in [5, 5.41) is 6.30. The second kappa shape index (κ2) is 6.54. The number of nitrogens with zero attached hydrogens (tertiary/aromatic N) is 2. The fourth-order valence-electron chi connectivity index (χ4n) is 1.50. The molecule has 0 aliphatic heterocycles. The minimum atomic E-state index is -0.398. The Morgan fingerprint density at radius 1 is 1.25 bits per heavy atom. The van der Waals surface area contributed by atoms with Crippen LogP contribution in [0.15, 0.2) is 30.6 Å². The second-order valence-corrected chi connectivity index (χ2v) is 4.66. The van der Waals surface area contributed by atoms with Crippen LogP contribution in [0.5, 0.6) is 0 Å². The summed E-state index contributed by atoms with van der Waals surface area (Å²) < 4.78 is 0. The Morgan fingerprint density at radius 2 is 2.05 bits per heavy atom. The largest absolute Gasteiger partial charge is 0.369 e. The van der Waals surface area contributed by atoms with E-state index in [1.807, 2.05) is 6.92 Å². The van der Waals surface area contributed by atoms with Crippen LogP contribution in [0.25, 0.3) is 0 Å². The van der Waals surface area contributed by atoms with E-state index < -0.39 is 5.91 Å². The number of nitrogens with one attached hydrogen (secondary N) is 2. The van der Waals surface area contributed by atoms with E-state index in [0.717, 1.165) is 6.54 Å². The Labute approximate surface area is 126 Å². The zero-order chi connectivity index (χ0) is 14.5. The summed E-state index contributed by atoms with van der Waals surface area (Å²) in [4.78, 5) is 20.1. The lowest BCUT2D eigenvalue weighted by atomic mass is 10.3. The first-order chi connectivity index (χ1) is 9.61. The third-order valence-corrected chi connectivity index (χ3v) is 3.26. The number of anilines is 2. The van der Waals surface area contributed by atoms with Gasteiger partial charge in [-0.05, 0) is 19.1 Å². The molecule has 7 heteroatoms. The summed E-state index contributed by atoms with van der Waals surface area (Å²) in [6.45, 7) is 2.68. The van der Waals surface area contributed by atoms with Gasteiger partial charge in [0.05, 0.1) is 28.1 Å². The van der Waals surface area contributed by atoms with E-state index in [2.05, 4.69) is 20.6 Å². The van der Waals surface area contributed by atoms with Gasteiger partial charge in [0.1, 0.15) is 11.5 Å². The molecule has 0 saturated heterocycles. The number of halogens is 2. The molecule has 1 aromatic carbocycles. The zero-order valence-electron chi connectivity index (χ0n) is 10.7. The molecule has 0 atom stereocenters. The topological polar surface area (TPSA) is 66.9 Å². The van der Waals surface area contributed by atoms with Crippen LogP contribution in [0.2, 0.25) is 10.0 Å². The van der Waals surface area contributed by atoms with E-state index in [-0.39, 0.29) is 5.69 Å². The van der Waals surface area contributed by atoms with Crippen molar-refractivity contribution >= 4 is 40.6 Å². The van der Waals surface area contributed by atoms with Gasteiger partial charge in [0.2, 0.25) is 0 Å². The Kier molecular flexibility index (Phi) is 4.76. The number of hydrogen-bond donors (Lipinski definition) is 2. The van der Waals surface area contributed by atoms with Crippen molar-refractivity contribution in [2.75, 3.05) is 17.2 Å². The van der Waals surface area contributed by atoms with Crippen LogP contribution in [0.3, 0.4) is 0 Å². The summed E-state index contributed by atoms with van der Waals surface area (Å²) in [7, 11) is 0. The van der Waals surface area contributed by atoms with Crippen LogP contribution in [-0.4, -0.2) is 22.4 Å². The molecule has 0 fully saturated rings. The molecule has 5 nitrogen and oxygen atoms in total. The molecule has 2 N–H and O–H groups in total. The van der Waals surface area contributed by atoms with Crippen molar-refractivity contribution in [1.29, 1.82) is 0 Å². The maximum atomic E-state index is 12.0. The predicted octanol–water partition coefficient (Wildman–Crippen LogP) is 3.47. The van der Waals surface area contributed by atoms with Gasteiger partial charge in [-0.2, -0.15) is 0 Å². The number of amides is 1. The van der Waals surface area contributed by atoms with Gasteiger partial charge < -0.3 is 10.6 Å². The lowest BCUT2D eigenvalue weighted by Gasteiger charge is -2.08. The van der Waals surface area contributed by atoms with Crippen molar-refractivity contribution < 1.29 is 4.79 Å². The monoisotopic (exact) mass is 310 g/mol. The summed E-state index contributed by atoms with van der Waals surface area (Å²) in [6, 6.07) is 5.00. The van der Waals surface area contributed by atoms with E-state index in [4.69, 9.17) is 23.2 Å². The number of hydrogen-bond acceptors (Lipinski definition) is 4. The summed E-state index contributed by atoms with van der Waals surface area (Å²) in [5.41, 5.74) is 0.629. The van der Waals surface area contributed by atoms with E-state index in [0.29, 0.717) is 21.6 Å². The molecule has 2 rings (SSSR count). The first-order valence-corrected chi connectivity index (χ1v) is 6.68. The SMILES string of the molecule is CCNc1cnc(C(=O)Nc2cccc(Cl)c2Cl)cn1. The van der Waals surface area contributed by atoms with Gasteiger partial charge in [-0.3, -0.25) is 4.79 Å². The fourth-order valence-corrected chi connectivity index (χ4v) is 1.85. The molecule has 104 valence electrons. The van der Waals surface area contributed by atoms with Crippen molar-refractivity contribution in [2.45, 2.75) is 6.92 Å². The van der Waals surface area contributed by atoms with Gasteiger partial charge in [0, 0.05) is 6.54 Å². The number of carbonyl (C=O) groups excluding carboxylic acids is 1. The normalized spacial score (nSPS) is 10.2. The third kappa shape index (κ3) is 3.37. The van der Waals surface area contributed by atoms with Gasteiger partial charge in [-0.15, -0.1) is 0 Å². The summed E-state index contributed by atoms with van der Waals surface area (Å²) in [5.74, 6) is 0.217. The molecule has 0 aliphatic rings. The Morgan fingerprint density at radius 3 is 2.70 bits per heavy atom. The minimum absolute atomic E-state index is 0.197. The van der Waals surface area contributed by atoms with Gasteiger partial charge in [0.15, 0.2) is 0 Å². The smallest absolute Gasteiger partial charge is 0.275 e. The summed E-state index contributed by atoms with van der Waals surface area (Å²) >= 11 is 11.9. The van der Waals surface area contributed by atoms with E-state index in [1.165, 1.54) is 12.4 Å². The van der Waals surface area contributed by atoms with Crippen LogP contribution >= 0.6 is 23.2 Å². The first-order valence-electron chi connectivity index (χ1n) is 5.93. The van der Waals surface area contributed by atoms with Crippen LogP contribution in [0, 0.1) is 0 Å². The molecule has 20 heavy (non-hydrogen) atoms. The molecular formula is C13H12Cl2N4O. The average molecular weight is 311 g/mol. The van der Waals surface area contributed by atoms with E-state index in [9.17, 15) is 4.79 Å². The molecule has 0 saturated carbocycles. The molecule has 0 unspecified atom stereocenters. The predicted molar refractivity (Wildman–Crippen MR) is 80.6 cm³/mol. The molecule has 1 amide bonds. The van der Waals surface area contributed by atoms with Crippen molar-refractivity contribution in [3.63, 3.8) is 0 Å². The Balaban J connectivity index is 2.13. The van der Waals surface area contributed by atoms with Crippen LogP contribution in [0.4, 0.5) is 11.5 Å². The van der Waals surface area contributed by atoms with E-state index >= 15 is 0 Å². The van der Waals surface area contributed by atoms with Crippen molar-refractivity contribution in [3.05, 3.63) is 46.3 Å². The zero-order valence-corrected chi connectivity index (χ0v) is 12.2. The molecule has 1 heterocycles. The molecular weight excluding hydrogens is 299 g/mol. The first kappa shape index (κ1) is 14.6. The maximum absolute atomic E-state index is 12.0.